The van der Waals surface area contributed by atoms with Crippen molar-refractivity contribution in [3.05, 3.63) is 5.82 Å². The Balaban J connectivity index is 1.71. The molecule has 1 fully saturated rings. The molecule has 1 heterocycles. The molecule has 1 N–H and O–H groups in total. The molecule has 2 rings (SSSR count). The Labute approximate surface area is 118 Å². The minimum absolute atomic E-state index is 0.760. The summed E-state index contributed by atoms with van der Waals surface area (Å²) in [6.07, 6.45) is 6.41. The summed E-state index contributed by atoms with van der Waals surface area (Å²) in [6.45, 7) is 5.41. The maximum Gasteiger partial charge on any atom is 0.170 e. The van der Waals surface area contributed by atoms with Crippen molar-refractivity contribution < 1.29 is 0 Å². The Bertz CT molecular complexity index is 354. The van der Waals surface area contributed by atoms with Gasteiger partial charge in [-0.1, -0.05) is 32.0 Å². The minimum atomic E-state index is 0.760. The number of nitrogens with one attached hydrogen (secondary N) is 1. The molecule has 2 atom stereocenters. The lowest BCUT2D eigenvalue weighted by Gasteiger charge is -2.19. The minimum Gasteiger partial charge on any atom is -0.314 e. The molecule has 18 heavy (non-hydrogen) atoms. The summed E-state index contributed by atoms with van der Waals surface area (Å²) in [5, 5.41) is 3.62. The Morgan fingerprint density at radius 3 is 3.00 bits per heavy atom. The second kappa shape index (κ2) is 7.46. The molecule has 0 spiro atoms. The predicted octanol–water partition coefficient (Wildman–Crippen LogP) is 3.36. The van der Waals surface area contributed by atoms with Gasteiger partial charge in [-0.05, 0) is 43.3 Å². The highest BCUT2D eigenvalue weighted by Crippen LogP contribution is 2.31. The van der Waals surface area contributed by atoms with Crippen LogP contribution >= 0.6 is 23.3 Å². The van der Waals surface area contributed by atoms with Gasteiger partial charge in [0.1, 0.15) is 5.82 Å². The van der Waals surface area contributed by atoms with Crippen molar-refractivity contribution in [2.24, 2.45) is 5.92 Å². The second-order valence-electron chi connectivity index (χ2n) is 4.82. The highest BCUT2D eigenvalue weighted by Gasteiger charge is 2.25. The number of aromatic nitrogens is 2. The third kappa shape index (κ3) is 3.93. The van der Waals surface area contributed by atoms with Gasteiger partial charge < -0.3 is 5.32 Å². The molecule has 1 aliphatic carbocycles. The lowest BCUT2D eigenvalue weighted by atomic mass is 10.0. The van der Waals surface area contributed by atoms with Gasteiger partial charge in [-0.25, -0.2) is 4.98 Å². The molecule has 2 unspecified atom stereocenters. The van der Waals surface area contributed by atoms with E-state index in [-0.39, 0.29) is 0 Å². The smallest absolute Gasteiger partial charge is 0.170 e. The summed E-state index contributed by atoms with van der Waals surface area (Å²) in [7, 11) is 0. The highest BCUT2D eigenvalue weighted by molar-refractivity contribution is 8.00. The molecule has 0 radical (unpaired) electrons. The maximum atomic E-state index is 4.50. The molecular weight excluding hydrogens is 262 g/mol. The fourth-order valence-electron chi connectivity index (χ4n) is 2.65. The topological polar surface area (TPSA) is 37.8 Å². The molecule has 0 amide bonds. The normalized spacial score (nSPS) is 23.7. The first-order valence-electron chi connectivity index (χ1n) is 7.02. The van der Waals surface area contributed by atoms with Crippen molar-refractivity contribution in [1.29, 1.82) is 0 Å². The van der Waals surface area contributed by atoms with Crippen LogP contribution in [0.3, 0.4) is 0 Å². The predicted molar refractivity (Wildman–Crippen MR) is 79.4 cm³/mol. The van der Waals surface area contributed by atoms with Gasteiger partial charge in [0.25, 0.3) is 0 Å². The lowest BCUT2D eigenvalue weighted by Crippen LogP contribution is -2.32. The molecule has 0 aromatic carbocycles. The maximum absolute atomic E-state index is 4.50. The summed E-state index contributed by atoms with van der Waals surface area (Å²) in [4.78, 5) is 4.50. The van der Waals surface area contributed by atoms with Crippen LogP contribution in [0.5, 0.6) is 0 Å². The molecule has 5 heteroatoms. The number of hydrogen-bond donors (Lipinski definition) is 1. The van der Waals surface area contributed by atoms with Crippen molar-refractivity contribution in [2.45, 2.75) is 56.3 Å². The summed E-state index contributed by atoms with van der Waals surface area (Å²) >= 11 is 3.43. The van der Waals surface area contributed by atoms with Gasteiger partial charge in [-0.15, -0.1) is 0 Å². The van der Waals surface area contributed by atoms with E-state index in [2.05, 4.69) is 28.5 Å². The zero-order chi connectivity index (χ0) is 12.8. The van der Waals surface area contributed by atoms with Crippen molar-refractivity contribution in [1.82, 2.24) is 14.7 Å². The van der Waals surface area contributed by atoms with Crippen LogP contribution in [0.1, 0.15) is 45.4 Å². The molecule has 0 bridgehead atoms. The van der Waals surface area contributed by atoms with Crippen molar-refractivity contribution >= 4 is 23.3 Å². The first-order chi connectivity index (χ1) is 8.83. The average molecular weight is 285 g/mol. The Morgan fingerprint density at radius 2 is 2.28 bits per heavy atom. The van der Waals surface area contributed by atoms with Gasteiger partial charge in [0, 0.05) is 18.2 Å². The van der Waals surface area contributed by atoms with Crippen LogP contribution < -0.4 is 5.32 Å². The fraction of sp³-hybridized carbons (Fsp3) is 0.846. The average Bonchev–Trinajstić information content (AvgIpc) is 3.00. The van der Waals surface area contributed by atoms with Crippen molar-refractivity contribution in [3.8, 4) is 0 Å². The van der Waals surface area contributed by atoms with E-state index in [1.165, 1.54) is 31.4 Å². The van der Waals surface area contributed by atoms with Gasteiger partial charge >= 0.3 is 0 Å². The molecule has 1 aliphatic rings. The van der Waals surface area contributed by atoms with Crippen LogP contribution in [0.4, 0.5) is 0 Å². The van der Waals surface area contributed by atoms with Gasteiger partial charge in [0.15, 0.2) is 4.34 Å². The highest BCUT2D eigenvalue weighted by atomic mass is 32.2. The molecule has 3 nitrogen and oxygen atoms in total. The van der Waals surface area contributed by atoms with E-state index in [9.17, 15) is 0 Å². The summed E-state index contributed by atoms with van der Waals surface area (Å²) in [5.41, 5.74) is 0. The van der Waals surface area contributed by atoms with Crippen LogP contribution in [-0.2, 0) is 6.42 Å². The molecule has 1 aromatic rings. The third-order valence-corrected chi connectivity index (χ3v) is 5.51. The molecule has 0 aliphatic heterocycles. The van der Waals surface area contributed by atoms with Gasteiger partial charge in [-0.3, -0.25) is 0 Å². The summed E-state index contributed by atoms with van der Waals surface area (Å²) < 4.78 is 5.47. The molecule has 1 saturated carbocycles. The van der Waals surface area contributed by atoms with Crippen molar-refractivity contribution in [3.63, 3.8) is 0 Å². The Hall–Kier alpha value is -0.130. The van der Waals surface area contributed by atoms with Crippen LogP contribution in [0.25, 0.3) is 0 Å². The first-order valence-corrected chi connectivity index (χ1v) is 8.78. The Morgan fingerprint density at radius 1 is 1.39 bits per heavy atom. The largest absolute Gasteiger partial charge is 0.314 e. The van der Waals surface area contributed by atoms with Gasteiger partial charge in [0.05, 0.1) is 0 Å². The van der Waals surface area contributed by atoms with Crippen molar-refractivity contribution in [2.75, 3.05) is 12.3 Å². The number of aryl methyl sites for hydroxylation is 1. The quantitative estimate of drug-likeness (QED) is 0.780. The fourth-order valence-corrected chi connectivity index (χ4v) is 4.49. The molecule has 0 saturated heterocycles. The molecule has 102 valence electrons. The second-order valence-corrected chi connectivity index (χ2v) is 6.92. The van der Waals surface area contributed by atoms with E-state index in [1.807, 2.05) is 11.8 Å². The number of nitrogens with zero attached hydrogens (tertiary/aromatic N) is 2. The van der Waals surface area contributed by atoms with Crippen LogP contribution in [0, 0.1) is 5.92 Å². The van der Waals surface area contributed by atoms with Crippen LogP contribution in [0.2, 0.25) is 0 Å². The van der Waals surface area contributed by atoms with Gasteiger partial charge in [0.2, 0.25) is 0 Å². The zero-order valence-electron chi connectivity index (χ0n) is 11.3. The SMILES string of the molecule is CCNC1CCCC1CCSc1nc(CC)ns1. The van der Waals surface area contributed by atoms with E-state index < -0.39 is 0 Å². The van der Waals surface area contributed by atoms with Gasteiger partial charge in [-0.2, -0.15) is 4.37 Å². The number of thioether (sulfide) groups is 1. The first kappa shape index (κ1) is 14.3. The lowest BCUT2D eigenvalue weighted by molar-refractivity contribution is 0.400. The van der Waals surface area contributed by atoms with E-state index in [4.69, 9.17) is 0 Å². The van der Waals surface area contributed by atoms with E-state index in [0.717, 1.165) is 35.1 Å². The molecular formula is C13H23N3S2. The standard InChI is InChI=1S/C13H23N3S2/c1-3-12-15-13(18-16-12)17-9-8-10-6-5-7-11(10)14-4-2/h10-11,14H,3-9H2,1-2H3. The summed E-state index contributed by atoms with van der Waals surface area (Å²) in [5.74, 6) is 3.05. The third-order valence-electron chi connectivity index (χ3n) is 3.61. The molecule has 1 aromatic heterocycles. The number of rotatable bonds is 7. The van der Waals surface area contributed by atoms with Crippen LogP contribution in [0.15, 0.2) is 4.34 Å². The number of hydrogen-bond acceptors (Lipinski definition) is 5. The van der Waals surface area contributed by atoms with E-state index in [1.54, 1.807) is 11.5 Å². The Kier molecular flexibility index (Phi) is 5.92. The zero-order valence-corrected chi connectivity index (χ0v) is 12.9. The van der Waals surface area contributed by atoms with E-state index in [0.29, 0.717) is 0 Å². The van der Waals surface area contributed by atoms with Crippen LogP contribution in [-0.4, -0.2) is 27.7 Å². The van der Waals surface area contributed by atoms with E-state index >= 15 is 0 Å². The summed E-state index contributed by atoms with van der Waals surface area (Å²) in [6, 6.07) is 0.760. The monoisotopic (exact) mass is 285 g/mol.